The van der Waals surface area contributed by atoms with Crippen molar-refractivity contribution >= 4 is 23.4 Å². The summed E-state index contributed by atoms with van der Waals surface area (Å²) >= 11 is 7.95. The Balaban J connectivity index is 1.71. The third-order valence-corrected chi connectivity index (χ3v) is 4.61. The predicted molar refractivity (Wildman–Crippen MR) is 81.5 cm³/mol. The molecule has 4 heteroatoms. The number of thioether (sulfide) groups is 1. The number of halogens is 1. The highest BCUT2D eigenvalue weighted by atomic mass is 35.5. The van der Waals surface area contributed by atoms with Crippen LogP contribution in [-0.4, -0.2) is 42.6 Å². The highest BCUT2D eigenvalue weighted by molar-refractivity contribution is 7.99. The lowest BCUT2D eigenvalue weighted by Gasteiger charge is -2.25. The molecule has 18 heavy (non-hydrogen) atoms. The third kappa shape index (κ3) is 4.81. The van der Waals surface area contributed by atoms with Crippen molar-refractivity contribution in [3.05, 3.63) is 34.9 Å². The molecule has 0 aromatic heterocycles. The minimum absolute atomic E-state index is 0.691. The summed E-state index contributed by atoms with van der Waals surface area (Å²) in [5, 5.41) is 4.39. The number of nitrogens with zero attached hydrogens (tertiary/aromatic N) is 1. The van der Waals surface area contributed by atoms with Crippen LogP contribution in [0.25, 0.3) is 0 Å². The summed E-state index contributed by atoms with van der Waals surface area (Å²) in [6, 6.07) is 8.83. The molecule has 1 fully saturated rings. The number of nitrogens with one attached hydrogen (secondary N) is 1. The van der Waals surface area contributed by atoms with Crippen LogP contribution < -0.4 is 5.32 Å². The SMILES string of the molecule is CN(CCC1CSCCN1)Cc1ccc(Cl)cc1. The Morgan fingerprint density at radius 2 is 2.17 bits per heavy atom. The second kappa shape index (κ2) is 7.39. The monoisotopic (exact) mass is 284 g/mol. The lowest BCUT2D eigenvalue weighted by Crippen LogP contribution is -2.39. The van der Waals surface area contributed by atoms with E-state index in [0.717, 1.165) is 24.7 Å². The van der Waals surface area contributed by atoms with Gasteiger partial charge < -0.3 is 10.2 Å². The summed E-state index contributed by atoms with van der Waals surface area (Å²) in [5.74, 6) is 2.52. The minimum atomic E-state index is 0.691. The van der Waals surface area contributed by atoms with E-state index in [1.54, 1.807) is 0 Å². The molecule has 0 amide bonds. The number of hydrogen-bond acceptors (Lipinski definition) is 3. The van der Waals surface area contributed by atoms with Crippen molar-refractivity contribution < 1.29 is 0 Å². The van der Waals surface area contributed by atoms with Gasteiger partial charge >= 0.3 is 0 Å². The van der Waals surface area contributed by atoms with Gasteiger partial charge in [-0.3, -0.25) is 0 Å². The Hall–Kier alpha value is -0.220. The first-order valence-electron chi connectivity index (χ1n) is 6.48. The van der Waals surface area contributed by atoms with Gasteiger partial charge in [0.2, 0.25) is 0 Å². The van der Waals surface area contributed by atoms with Gasteiger partial charge in [0.1, 0.15) is 0 Å². The van der Waals surface area contributed by atoms with E-state index in [9.17, 15) is 0 Å². The molecule has 1 heterocycles. The first-order chi connectivity index (χ1) is 8.74. The zero-order valence-electron chi connectivity index (χ0n) is 10.9. The van der Waals surface area contributed by atoms with Crippen LogP contribution in [0.1, 0.15) is 12.0 Å². The van der Waals surface area contributed by atoms with Crippen molar-refractivity contribution in [1.29, 1.82) is 0 Å². The first-order valence-corrected chi connectivity index (χ1v) is 8.01. The Labute approximate surface area is 119 Å². The molecule has 2 rings (SSSR count). The Morgan fingerprint density at radius 1 is 1.39 bits per heavy atom. The maximum atomic E-state index is 5.89. The van der Waals surface area contributed by atoms with Crippen molar-refractivity contribution in [3.63, 3.8) is 0 Å². The van der Waals surface area contributed by atoms with E-state index in [1.807, 2.05) is 12.1 Å². The van der Waals surface area contributed by atoms with Gasteiger partial charge in [-0.2, -0.15) is 11.8 Å². The summed E-state index contributed by atoms with van der Waals surface area (Å²) < 4.78 is 0. The second-order valence-corrected chi connectivity index (χ2v) is 6.47. The van der Waals surface area contributed by atoms with Gasteiger partial charge in [-0.25, -0.2) is 0 Å². The van der Waals surface area contributed by atoms with Crippen LogP contribution in [0.15, 0.2) is 24.3 Å². The molecular weight excluding hydrogens is 264 g/mol. The maximum Gasteiger partial charge on any atom is 0.0406 e. The zero-order chi connectivity index (χ0) is 12.8. The second-order valence-electron chi connectivity index (χ2n) is 4.88. The van der Waals surface area contributed by atoms with Gasteiger partial charge in [0, 0.05) is 35.7 Å². The fourth-order valence-corrected chi connectivity index (χ4v) is 3.29. The fraction of sp³-hybridized carbons (Fsp3) is 0.571. The molecule has 100 valence electrons. The van der Waals surface area contributed by atoms with Gasteiger partial charge in [-0.15, -0.1) is 0 Å². The topological polar surface area (TPSA) is 15.3 Å². The molecule has 2 nitrogen and oxygen atoms in total. The number of benzene rings is 1. The Bertz CT molecular complexity index is 349. The first kappa shape index (κ1) is 14.2. The smallest absolute Gasteiger partial charge is 0.0406 e. The van der Waals surface area contributed by atoms with Crippen molar-refractivity contribution in [2.75, 3.05) is 31.6 Å². The maximum absolute atomic E-state index is 5.89. The molecule has 0 radical (unpaired) electrons. The van der Waals surface area contributed by atoms with E-state index >= 15 is 0 Å². The Morgan fingerprint density at radius 3 is 2.83 bits per heavy atom. The van der Waals surface area contributed by atoms with Gasteiger partial charge in [-0.1, -0.05) is 23.7 Å². The number of rotatable bonds is 5. The van der Waals surface area contributed by atoms with E-state index in [2.05, 4.69) is 41.2 Å². The van der Waals surface area contributed by atoms with Crippen LogP contribution in [-0.2, 0) is 6.54 Å². The van der Waals surface area contributed by atoms with Crippen molar-refractivity contribution in [2.24, 2.45) is 0 Å². The molecule has 1 unspecified atom stereocenters. The molecule has 1 atom stereocenters. The van der Waals surface area contributed by atoms with Gasteiger partial charge in [0.05, 0.1) is 0 Å². The molecule has 0 spiro atoms. The normalized spacial score (nSPS) is 20.3. The molecule has 1 aliphatic heterocycles. The molecule has 0 saturated carbocycles. The molecule has 1 aliphatic rings. The quantitative estimate of drug-likeness (QED) is 0.895. The third-order valence-electron chi connectivity index (χ3n) is 3.22. The van der Waals surface area contributed by atoms with Gasteiger partial charge in [0.25, 0.3) is 0 Å². The van der Waals surface area contributed by atoms with Gasteiger partial charge in [0.15, 0.2) is 0 Å². The van der Waals surface area contributed by atoms with E-state index < -0.39 is 0 Å². The average Bonchev–Trinajstić information content (AvgIpc) is 2.40. The predicted octanol–water partition coefficient (Wildman–Crippen LogP) is 2.87. The molecule has 1 saturated heterocycles. The lowest BCUT2D eigenvalue weighted by atomic mass is 10.2. The summed E-state index contributed by atoms with van der Waals surface area (Å²) in [7, 11) is 2.19. The molecule has 1 aromatic rings. The summed E-state index contributed by atoms with van der Waals surface area (Å²) in [4.78, 5) is 2.38. The van der Waals surface area contributed by atoms with Crippen LogP contribution >= 0.6 is 23.4 Å². The van der Waals surface area contributed by atoms with E-state index in [-0.39, 0.29) is 0 Å². The van der Waals surface area contributed by atoms with Gasteiger partial charge in [-0.05, 0) is 37.7 Å². The molecule has 0 aliphatic carbocycles. The summed E-state index contributed by atoms with van der Waals surface area (Å²) in [6.07, 6.45) is 1.23. The van der Waals surface area contributed by atoms with Crippen LogP contribution in [0.5, 0.6) is 0 Å². The van der Waals surface area contributed by atoms with E-state index in [4.69, 9.17) is 11.6 Å². The van der Waals surface area contributed by atoms with Crippen LogP contribution in [0, 0.1) is 0 Å². The van der Waals surface area contributed by atoms with Crippen molar-refractivity contribution in [2.45, 2.75) is 19.0 Å². The standard InChI is InChI=1S/C14H21ClN2S/c1-17(8-6-14-11-18-9-7-16-14)10-12-2-4-13(15)5-3-12/h2-5,14,16H,6-11H2,1H3. The average molecular weight is 285 g/mol. The highest BCUT2D eigenvalue weighted by Crippen LogP contribution is 2.13. The zero-order valence-corrected chi connectivity index (χ0v) is 12.4. The van der Waals surface area contributed by atoms with Crippen molar-refractivity contribution in [3.8, 4) is 0 Å². The lowest BCUT2D eigenvalue weighted by molar-refractivity contribution is 0.305. The molecule has 1 N–H and O–H groups in total. The molecular formula is C14H21ClN2S. The van der Waals surface area contributed by atoms with E-state index in [1.165, 1.54) is 23.5 Å². The van der Waals surface area contributed by atoms with E-state index in [0.29, 0.717) is 6.04 Å². The highest BCUT2D eigenvalue weighted by Gasteiger charge is 2.13. The fourth-order valence-electron chi connectivity index (χ4n) is 2.16. The summed E-state index contributed by atoms with van der Waals surface area (Å²) in [5.41, 5.74) is 1.33. The van der Waals surface area contributed by atoms with Crippen LogP contribution in [0.3, 0.4) is 0 Å². The largest absolute Gasteiger partial charge is 0.312 e. The molecule has 1 aromatic carbocycles. The van der Waals surface area contributed by atoms with Crippen LogP contribution in [0.4, 0.5) is 0 Å². The number of hydrogen-bond donors (Lipinski definition) is 1. The molecule has 0 bridgehead atoms. The Kier molecular flexibility index (Phi) is 5.83. The van der Waals surface area contributed by atoms with Crippen molar-refractivity contribution in [1.82, 2.24) is 10.2 Å². The minimum Gasteiger partial charge on any atom is -0.312 e. The van der Waals surface area contributed by atoms with Crippen LogP contribution in [0.2, 0.25) is 5.02 Å². The summed E-state index contributed by atoms with van der Waals surface area (Å²) in [6.45, 7) is 3.30.